The molecule has 5 nitrogen and oxygen atoms in total. The van der Waals surface area contributed by atoms with Gasteiger partial charge in [0.1, 0.15) is 17.2 Å². The van der Waals surface area contributed by atoms with Crippen LogP contribution in [0.2, 0.25) is 0 Å². The number of carbonyl (C=O) groups excluding carboxylic acids is 2. The summed E-state index contributed by atoms with van der Waals surface area (Å²) in [6, 6.07) is 4.06. The van der Waals surface area contributed by atoms with Gasteiger partial charge in [0.25, 0.3) is 0 Å². The lowest BCUT2D eigenvalue weighted by Crippen LogP contribution is -2.21. The minimum Gasteiger partial charge on any atom is -0.507 e. The van der Waals surface area contributed by atoms with Gasteiger partial charge in [-0.3, -0.25) is 9.59 Å². The van der Waals surface area contributed by atoms with Gasteiger partial charge in [0.05, 0.1) is 14.7 Å². The first-order valence-corrected chi connectivity index (χ1v) is 7.08. The third-order valence-corrected chi connectivity index (χ3v) is 4.49. The summed E-state index contributed by atoms with van der Waals surface area (Å²) in [5.74, 6) is -2.16. The lowest BCUT2D eigenvalue weighted by molar-refractivity contribution is 0.0973. The molecule has 1 aliphatic rings. The molecule has 2 aromatic rings. The highest BCUT2D eigenvalue weighted by Gasteiger charge is 2.36. The third-order valence-electron chi connectivity index (χ3n) is 3.43. The Labute approximate surface area is 133 Å². The Bertz CT molecular complexity index is 839. The van der Waals surface area contributed by atoms with E-state index in [1.165, 1.54) is 18.2 Å². The van der Waals surface area contributed by atoms with Crippen LogP contribution in [0.3, 0.4) is 0 Å². The number of benzene rings is 2. The van der Waals surface area contributed by atoms with Crippen LogP contribution in [0.1, 0.15) is 37.4 Å². The van der Waals surface area contributed by atoms with Crippen molar-refractivity contribution in [1.82, 2.24) is 0 Å². The molecule has 2 aromatic carbocycles. The number of aryl methyl sites for hydroxylation is 1. The number of ketones is 2. The summed E-state index contributed by atoms with van der Waals surface area (Å²) in [5.41, 5.74) is 0.344. The van der Waals surface area contributed by atoms with Gasteiger partial charge in [-0.1, -0.05) is 0 Å². The van der Waals surface area contributed by atoms with E-state index < -0.39 is 17.3 Å². The highest BCUT2D eigenvalue weighted by Crippen LogP contribution is 2.42. The van der Waals surface area contributed by atoms with Crippen LogP contribution in [0, 0.1) is 10.5 Å². The van der Waals surface area contributed by atoms with Crippen molar-refractivity contribution in [3.8, 4) is 17.2 Å². The predicted molar refractivity (Wildman–Crippen MR) is 82.2 cm³/mol. The molecule has 0 heterocycles. The van der Waals surface area contributed by atoms with Crippen LogP contribution in [0.5, 0.6) is 17.2 Å². The van der Waals surface area contributed by atoms with Crippen molar-refractivity contribution in [2.24, 2.45) is 0 Å². The van der Waals surface area contributed by atoms with Gasteiger partial charge in [0.15, 0.2) is 5.78 Å². The lowest BCUT2D eigenvalue weighted by atomic mass is 9.82. The molecular weight excluding hydrogens is 387 g/mol. The van der Waals surface area contributed by atoms with Crippen LogP contribution in [-0.2, 0) is 0 Å². The van der Waals surface area contributed by atoms with Crippen LogP contribution in [0.15, 0.2) is 18.2 Å². The zero-order valence-corrected chi connectivity index (χ0v) is 12.9. The molecule has 6 heteroatoms. The highest BCUT2D eigenvalue weighted by molar-refractivity contribution is 14.1. The fraction of sp³-hybridized carbons (Fsp3) is 0.0667. The summed E-state index contributed by atoms with van der Waals surface area (Å²) in [7, 11) is 0. The van der Waals surface area contributed by atoms with Crippen LogP contribution < -0.4 is 0 Å². The largest absolute Gasteiger partial charge is 0.507 e. The standard InChI is InChI=1S/C15H9IO5/c1-5-2-6-10(8(17)3-5)14(20)11-7(13(6)19)4-9(18)12(16)15(11)21/h2-4,17-18,21H,1H3. The molecule has 3 N–H and O–H groups in total. The van der Waals surface area contributed by atoms with Gasteiger partial charge in [0.2, 0.25) is 5.78 Å². The number of fused-ring (bicyclic) bond motifs is 2. The Hall–Kier alpha value is -2.09. The van der Waals surface area contributed by atoms with E-state index in [1.807, 2.05) is 0 Å². The first kappa shape index (κ1) is 13.9. The quantitative estimate of drug-likeness (QED) is 0.508. The van der Waals surface area contributed by atoms with Gasteiger partial charge in [-0.15, -0.1) is 0 Å². The maximum atomic E-state index is 12.5. The first-order valence-electron chi connectivity index (χ1n) is 6.00. The molecule has 3 rings (SSSR count). The molecule has 0 unspecified atom stereocenters. The molecule has 0 saturated heterocycles. The van der Waals surface area contributed by atoms with E-state index in [9.17, 15) is 24.9 Å². The molecule has 0 radical (unpaired) electrons. The maximum absolute atomic E-state index is 12.5. The number of phenolic OH excluding ortho intramolecular Hbond substituents is 3. The van der Waals surface area contributed by atoms with Crippen LogP contribution >= 0.6 is 22.6 Å². The Balaban J connectivity index is 2.42. The van der Waals surface area contributed by atoms with E-state index in [0.29, 0.717) is 5.56 Å². The predicted octanol–water partition coefficient (Wildman–Crippen LogP) is 2.49. The second-order valence-corrected chi connectivity index (χ2v) is 5.92. The average Bonchev–Trinajstić information content (AvgIpc) is 2.41. The van der Waals surface area contributed by atoms with E-state index >= 15 is 0 Å². The normalized spacial score (nSPS) is 13.0. The number of phenols is 3. The smallest absolute Gasteiger partial charge is 0.202 e. The molecule has 0 amide bonds. The second-order valence-electron chi connectivity index (χ2n) is 4.85. The Morgan fingerprint density at radius 2 is 1.48 bits per heavy atom. The van der Waals surface area contributed by atoms with E-state index in [2.05, 4.69) is 0 Å². The van der Waals surface area contributed by atoms with E-state index in [0.717, 1.165) is 0 Å². The summed E-state index contributed by atoms with van der Waals surface area (Å²) in [6.45, 7) is 1.69. The summed E-state index contributed by atoms with van der Waals surface area (Å²) >= 11 is 1.68. The van der Waals surface area contributed by atoms with Crippen molar-refractivity contribution in [2.75, 3.05) is 0 Å². The van der Waals surface area contributed by atoms with Crippen molar-refractivity contribution in [3.63, 3.8) is 0 Å². The van der Waals surface area contributed by atoms with E-state index in [-0.39, 0.29) is 37.3 Å². The number of hydrogen-bond donors (Lipinski definition) is 3. The number of rotatable bonds is 0. The van der Waals surface area contributed by atoms with Gasteiger partial charge in [-0.25, -0.2) is 0 Å². The molecule has 0 atom stereocenters. The molecule has 0 saturated carbocycles. The zero-order valence-electron chi connectivity index (χ0n) is 10.8. The molecule has 0 fully saturated rings. The van der Waals surface area contributed by atoms with Crippen molar-refractivity contribution < 1.29 is 24.9 Å². The Morgan fingerprint density at radius 3 is 2.14 bits per heavy atom. The van der Waals surface area contributed by atoms with E-state index in [4.69, 9.17) is 0 Å². The van der Waals surface area contributed by atoms with Crippen molar-refractivity contribution >= 4 is 34.2 Å². The van der Waals surface area contributed by atoms with Crippen LogP contribution in [-0.4, -0.2) is 26.9 Å². The summed E-state index contributed by atoms with van der Waals surface area (Å²) in [6.07, 6.45) is 0. The summed E-state index contributed by atoms with van der Waals surface area (Å²) in [5, 5.41) is 29.8. The van der Waals surface area contributed by atoms with Gasteiger partial charge in [-0.05, 0) is 53.3 Å². The number of hydrogen-bond acceptors (Lipinski definition) is 5. The lowest BCUT2D eigenvalue weighted by Gasteiger charge is -2.20. The fourth-order valence-electron chi connectivity index (χ4n) is 2.49. The van der Waals surface area contributed by atoms with Gasteiger partial charge in [-0.2, -0.15) is 0 Å². The summed E-state index contributed by atoms with van der Waals surface area (Å²) in [4.78, 5) is 25.0. The molecule has 106 valence electrons. The van der Waals surface area contributed by atoms with Crippen molar-refractivity contribution in [2.45, 2.75) is 6.92 Å². The molecule has 0 bridgehead atoms. The van der Waals surface area contributed by atoms with Gasteiger partial charge >= 0.3 is 0 Å². The van der Waals surface area contributed by atoms with Crippen molar-refractivity contribution in [3.05, 3.63) is 49.6 Å². The number of halogens is 1. The average molecular weight is 396 g/mol. The Kier molecular flexibility index (Phi) is 2.94. The number of carbonyl (C=O) groups is 2. The van der Waals surface area contributed by atoms with Gasteiger partial charge in [0, 0.05) is 11.1 Å². The van der Waals surface area contributed by atoms with Crippen LogP contribution in [0.25, 0.3) is 0 Å². The second kappa shape index (κ2) is 4.45. The fourth-order valence-corrected chi connectivity index (χ4v) is 2.92. The number of aromatic hydroxyl groups is 3. The zero-order chi connectivity index (χ0) is 15.5. The molecule has 21 heavy (non-hydrogen) atoms. The highest BCUT2D eigenvalue weighted by atomic mass is 127. The van der Waals surface area contributed by atoms with Crippen LogP contribution in [0.4, 0.5) is 0 Å². The molecule has 0 aromatic heterocycles. The molecule has 1 aliphatic carbocycles. The van der Waals surface area contributed by atoms with Crippen molar-refractivity contribution in [1.29, 1.82) is 0 Å². The molecule has 0 aliphatic heterocycles. The third kappa shape index (κ3) is 1.82. The SMILES string of the molecule is Cc1cc(O)c2c(c1)C(=O)c1cc(O)c(I)c(O)c1C2=O. The Morgan fingerprint density at radius 1 is 0.857 bits per heavy atom. The molecule has 0 spiro atoms. The van der Waals surface area contributed by atoms with E-state index in [1.54, 1.807) is 29.5 Å². The maximum Gasteiger partial charge on any atom is 0.202 e. The minimum absolute atomic E-state index is 0.0621. The molecular formula is C15H9IO5. The monoisotopic (exact) mass is 396 g/mol. The summed E-state index contributed by atoms with van der Waals surface area (Å²) < 4.78 is 0.0857. The first-order chi connectivity index (χ1) is 9.82. The minimum atomic E-state index is -0.632. The van der Waals surface area contributed by atoms with Gasteiger partial charge < -0.3 is 15.3 Å². The topological polar surface area (TPSA) is 94.8 Å².